The molecule has 0 aliphatic rings. The molecule has 0 saturated heterocycles. The van der Waals surface area contributed by atoms with E-state index in [0.29, 0.717) is 0 Å². The van der Waals surface area contributed by atoms with Gasteiger partial charge in [0, 0.05) is 0 Å². The molecule has 2 aromatic rings. The maximum absolute atomic E-state index is 11.5. The van der Waals surface area contributed by atoms with Crippen LogP contribution in [0.15, 0.2) is 46.1 Å². The van der Waals surface area contributed by atoms with Crippen molar-refractivity contribution in [3.8, 4) is 0 Å². The number of aryl methyl sites for hydroxylation is 1. The second kappa shape index (κ2) is 4.51. The van der Waals surface area contributed by atoms with Crippen LogP contribution in [0.1, 0.15) is 5.56 Å². The van der Waals surface area contributed by atoms with E-state index in [2.05, 4.69) is 4.98 Å². The quantitative estimate of drug-likeness (QED) is 0.764. The average Bonchev–Trinajstić information content (AvgIpc) is 2.24. The van der Waals surface area contributed by atoms with Gasteiger partial charge in [-0.15, -0.1) is 0 Å². The summed E-state index contributed by atoms with van der Waals surface area (Å²) >= 11 is -0.308. The third-order valence-corrected chi connectivity index (χ3v) is 4.09. The Morgan fingerprint density at radius 1 is 1.25 bits per heavy atom. The minimum absolute atomic E-state index is 0.259. The first-order valence-corrected chi connectivity index (χ1v) is 6.35. The number of H-pyrrole nitrogens is 1. The van der Waals surface area contributed by atoms with Crippen LogP contribution in [0.25, 0.3) is 0 Å². The summed E-state index contributed by atoms with van der Waals surface area (Å²) in [6.45, 7) is 1.98. The van der Waals surface area contributed by atoms with Gasteiger partial charge >= 0.3 is 98.1 Å². The molecule has 0 fully saturated rings. The standard InChI is InChI=1S/C11H10N2O2Se/c1-8-3-2-4-9(7-8)16-13-10(14)5-6-12-11(13)15/h2-7H,1H3,(H,12,15). The second-order valence-corrected chi connectivity index (χ2v) is 5.46. The third-order valence-electron chi connectivity index (χ3n) is 2.00. The van der Waals surface area contributed by atoms with E-state index in [1.807, 2.05) is 31.2 Å². The number of rotatable bonds is 2. The van der Waals surface area contributed by atoms with E-state index >= 15 is 0 Å². The van der Waals surface area contributed by atoms with Gasteiger partial charge in [-0.1, -0.05) is 0 Å². The molecule has 1 heterocycles. The van der Waals surface area contributed by atoms with Crippen molar-refractivity contribution in [2.45, 2.75) is 6.92 Å². The Bertz CT molecular complexity index is 587. The number of hydrogen-bond acceptors (Lipinski definition) is 2. The van der Waals surface area contributed by atoms with Gasteiger partial charge in [-0.25, -0.2) is 0 Å². The van der Waals surface area contributed by atoms with Gasteiger partial charge in [0.1, 0.15) is 0 Å². The number of nitrogens with zero attached hydrogens (tertiary/aromatic N) is 1. The van der Waals surface area contributed by atoms with Gasteiger partial charge in [0.05, 0.1) is 0 Å². The molecular weight excluding hydrogens is 271 g/mol. The molecule has 2 rings (SSSR count). The molecule has 0 saturated carbocycles. The molecule has 0 bridgehead atoms. The van der Waals surface area contributed by atoms with Crippen LogP contribution in [0.3, 0.4) is 0 Å². The fourth-order valence-electron chi connectivity index (χ4n) is 1.27. The van der Waals surface area contributed by atoms with Crippen LogP contribution in [0.5, 0.6) is 0 Å². The Morgan fingerprint density at radius 3 is 2.75 bits per heavy atom. The molecule has 0 amide bonds. The summed E-state index contributed by atoms with van der Waals surface area (Å²) in [7, 11) is 0. The molecule has 0 atom stereocenters. The molecule has 0 spiro atoms. The molecule has 0 aliphatic carbocycles. The van der Waals surface area contributed by atoms with Gasteiger partial charge in [0.2, 0.25) is 0 Å². The predicted molar refractivity (Wildman–Crippen MR) is 63.3 cm³/mol. The summed E-state index contributed by atoms with van der Waals surface area (Å²) in [5.74, 6) is 0. The first-order valence-electron chi connectivity index (χ1n) is 4.72. The van der Waals surface area contributed by atoms with E-state index in [4.69, 9.17) is 0 Å². The summed E-state index contributed by atoms with van der Waals surface area (Å²) in [6, 6.07) is 9.18. The zero-order chi connectivity index (χ0) is 11.5. The zero-order valence-corrected chi connectivity index (χ0v) is 10.3. The number of nitrogens with one attached hydrogen (secondary N) is 1. The van der Waals surface area contributed by atoms with E-state index in [1.165, 1.54) is 15.8 Å². The zero-order valence-electron chi connectivity index (χ0n) is 8.64. The summed E-state index contributed by atoms with van der Waals surface area (Å²) in [4.78, 5) is 25.4. The Kier molecular flexibility index (Phi) is 3.08. The Hall–Kier alpha value is -1.58. The van der Waals surface area contributed by atoms with E-state index in [1.54, 1.807) is 0 Å². The van der Waals surface area contributed by atoms with Crippen LogP contribution in [0, 0.1) is 6.92 Å². The molecule has 0 radical (unpaired) electrons. The van der Waals surface area contributed by atoms with Crippen LogP contribution in [-0.4, -0.2) is 23.7 Å². The summed E-state index contributed by atoms with van der Waals surface area (Å²) < 4.78 is 2.24. The van der Waals surface area contributed by atoms with Crippen molar-refractivity contribution in [1.29, 1.82) is 0 Å². The van der Waals surface area contributed by atoms with E-state index < -0.39 is 0 Å². The number of aromatic amines is 1. The van der Waals surface area contributed by atoms with Crippen molar-refractivity contribution in [3.05, 3.63) is 62.9 Å². The summed E-state index contributed by atoms with van der Waals surface area (Å²) in [6.07, 6.45) is 1.37. The van der Waals surface area contributed by atoms with Gasteiger partial charge in [0.25, 0.3) is 0 Å². The number of hydrogen-bond donors (Lipinski definition) is 1. The van der Waals surface area contributed by atoms with Crippen molar-refractivity contribution in [2.75, 3.05) is 0 Å². The van der Waals surface area contributed by atoms with Crippen molar-refractivity contribution in [2.24, 2.45) is 0 Å². The monoisotopic (exact) mass is 282 g/mol. The van der Waals surface area contributed by atoms with Crippen LogP contribution in [0.2, 0.25) is 0 Å². The molecule has 0 aliphatic heterocycles. The molecule has 82 valence electrons. The Labute approximate surface area is 98.3 Å². The molecule has 1 N–H and O–H groups in total. The van der Waals surface area contributed by atoms with Crippen LogP contribution in [0.4, 0.5) is 0 Å². The van der Waals surface area contributed by atoms with Gasteiger partial charge in [-0.05, 0) is 0 Å². The minimum atomic E-state index is -0.353. The van der Waals surface area contributed by atoms with Gasteiger partial charge in [-0.2, -0.15) is 0 Å². The topological polar surface area (TPSA) is 54.9 Å². The van der Waals surface area contributed by atoms with Crippen molar-refractivity contribution in [3.63, 3.8) is 0 Å². The molecule has 4 nitrogen and oxygen atoms in total. The van der Waals surface area contributed by atoms with Crippen LogP contribution in [-0.2, 0) is 0 Å². The second-order valence-electron chi connectivity index (χ2n) is 3.32. The number of aromatic nitrogens is 2. The fraction of sp³-hybridized carbons (Fsp3) is 0.0909. The molecule has 5 heteroatoms. The van der Waals surface area contributed by atoms with E-state index in [0.717, 1.165) is 10.0 Å². The predicted octanol–water partition coefficient (Wildman–Crippen LogP) is -0.362. The Balaban J connectivity index is 2.42. The number of benzene rings is 1. The molecule has 1 aromatic carbocycles. The fourth-order valence-corrected chi connectivity index (χ4v) is 3.11. The van der Waals surface area contributed by atoms with Crippen molar-refractivity contribution >= 4 is 19.6 Å². The third kappa shape index (κ3) is 2.32. The molecule has 0 unspecified atom stereocenters. The van der Waals surface area contributed by atoms with Crippen molar-refractivity contribution in [1.82, 2.24) is 8.57 Å². The van der Waals surface area contributed by atoms with E-state index in [-0.39, 0.29) is 26.4 Å². The normalized spacial score (nSPS) is 10.3. The van der Waals surface area contributed by atoms with Crippen LogP contribution < -0.4 is 15.7 Å². The van der Waals surface area contributed by atoms with Crippen LogP contribution >= 0.6 is 0 Å². The maximum atomic E-state index is 11.5. The van der Waals surface area contributed by atoms with Gasteiger partial charge in [-0.3, -0.25) is 0 Å². The van der Waals surface area contributed by atoms with Gasteiger partial charge < -0.3 is 0 Å². The first-order chi connectivity index (χ1) is 7.66. The first kappa shape index (κ1) is 10.9. The Morgan fingerprint density at radius 2 is 2.06 bits per heavy atom. The summed E-state index contributed by atoms with van der Waals surface area (Å²) in [5, 5.41) is 0. The summed E-state index contributed by atoms with van der Waals surface area (Å²) in [5.41, 5.74) is 0.513. The van der Waals surface area contributed by atoms with Crippen molar-refractivity contribution < 1.29 is 0 Å². The SMILES string of the molecule is Cc1cccc([Se]n2c(=O)cc[nH]c2=O)c1. The average molecular weight is 281 g/mol. The molecular formula is C11H10N2O2Se. The van der Waals surface area contributed by atoms with Gasteiger partial charge in [0.15, 0.2) is 0 Å². The molecule has 1 aromatic heterocycles. The van der Waals surface area contributed by atoms with E-state index in [9.17, 15) is 9.59 Å². The molecule has 16 heavy (non-hydrogen) atoms.